The van der Waals surface area contributed by atoms with Gasteiger partial charge in [-0.05, 0) is 5.56 Å². The van der Waals surface area contributed by atoms with E-state index < -0.39 is 5.97 Å². The number of nitrogens with zero attached hydrogens (tertiary/aromatic N) is 2. The molecule has 0 saturated carbocycles. The molecule has 2 aliphatic heterocycles. The Balaban J connectivity index is 1.49. The number of carboxylic acids is 1. The quantitative estimate of drug-likeness (QED) is 0.796. The van der Waals surface area contributed by atoms with Gasteiger partial charge in [-0.25, -0.2) is 0 Å². The maximum atomic E-state index is 10.8. The molecule has 134 valence electrons. The summed E-state index contributed by atoms with van der Waals surface area (Å²) < 4.78 is 0. The molecule has 0 radical (unpaired) electrons. The molecule has 0 unspecified atom stereocenters. The van der Waals surface area contributed by atoms with Crippen LogP contribution in [0.1, 0.15) is 31.2 Å². The Morgan fingerprint density at radius 2 is 1.48 bits per heavy atom. The summed E-state index contributed by atoms with van der Waals surface area (Å²) in [5.41, 5.74) is 2.04. The third-order valence-corrected chi connectivity index (χ3v) is 5.77. The minimum atomic E-state index is -0.788. The zero-order chi connectivity index (χ0) is 17.8. The van der Waals surface area contributed by atoms with E-state index in [0.29, 0.717) is 0 Å². The van der Waals surface area contributed by atoms with E-state index in [1.807, 2.05) is 29.2 Å². The molecule has 2 heterocycles. The Bertz CT molecular complexity index is 604. The SMILES string of the molecule is B=C(O)N1CCC(C2CCN(c3ccc(CC(=O)O)cc3)CC2)CC1. The summed E-state index contributed by atoms with van der Waals surface area (Å²) in [7, 11) is 3.62. The first-order valence-corrected chi connectivity index (χ1v) is 9.21. The number of aliphatic hydroxyl groups is 1. The number of hydrogen-bond donors (Lipinski definition) is 2. The third-order valence-electron chi connectivity index (χ3n) is 5.77. The van der Waals surface area contributed by atoms with Crippen LogP contribution in [0.25, 0.3) is 0 Å². The van der Waals surface area contributed by atoms with Crippen LogP contribution in [0.4, 0.5) is 5.69 Å². The van der Waals surface area contributed by atoms with Gasteiger partial charge in [-0.1, -0.05) is 0 Å². The number of hydrogen-bond acceptors (Lipinski definition) is 4. The molecule has 0 aromatic heterocycles. The Morgan fingerprint density at radius 1 is 0.960 bits per heavy atom. The van der Waals surface area contributed by atoms with Gasteiger partial charge in [-0.2, -0.15) is 0 Å². The molecule has 1 aromatic carbocycles. The van der Waals surface area contributed by atoms with E-state index in [0.717, 1.165) is 56.4 Å². The van der Waals surface area contributed by atoms with Crippen LogP contribution in [0.3, 0.4) is 0 Å². The Labute approximate surface area is 150 Å². The normalized spacial score (nSPS) is 19.8. The first kappa shape index (κ1) is 17.8. The van der Waals surface area contributed by atoms with Gasteiger partial charge in [-0.15, -0.1) is 0 Å². The predicted molar refractivity (Wildman–Crippen MR) is 101 cm³/mol. The van der Waals surface area contributed by atoms with Crippen molar-refractivity contribution in [2.75, 3.05) is 31.1 Å². The van der Waals surface area contributed by atoms with Crippen molar-refractivity contribution in [3.8, 4) is 0 Å². The van der Waals surface area contributed by atoms with Crippen molar-refractivity contribution in [3.63, 3.8) is 0 Å². The van der Waals surface area contributed by atoms with E-state index in [1.54, 1.807) is 0 Å². The average molecular weight is 342 g/mol. The molecule has 3 rings (SSSR count). The van der Waals surface area contributed by atoms with E-state index in [9.17, 15) is 9.90 Å². The van der Waals surface area contributed by atoms with Gasteiger partial charge in [0.2, 0.25) is 0 Å². The number of likely N-dealkylation sites (tertiary alicyclic amines) is 1. The number of aliphatic carboxylic acids is 1. The van der Waals surface area contributed by atoms with Crippen molar-refractivity contribution in [3.05, 3.63) is 29.8 Å². The second kappa shape index (κ2) is 7.94. The molecule has 1 aromatic rings. The van der Waals surface area contributed by atoms with Gasteiger partial charge in [0.15, 0.2) is 0 Å². The Hall–Kier alpha value is -1.98. The van der Waals surface area contributed by atoms with E-state index in [4.69, 9.17) is 5.11 Å². The van der Waals surface area contributed by atoms with E-state index in [2.05, 4.69) is 12.4 Å². The molecule has 25 heavy (non-hydrogen) atoms. The summed E-state index contributed by atoms with van der Waals surface area (Å²) in [6.07, 6.45) is 4.80. The molecule has 2 N–H and O–H groups in total. The van der Waals surface area contributed by atoms with Crippen molar-refractivity contribution in [2.24, 2.45) is 11.8 Å². The van der Waals surface area contributed by atoms with Gasteiger partial charge >= 0.3 is 128 Å². The molecule has 2 fully saturated rings. The Kier molecular flexibility index (Phi) is 5.66. The molecule has 2 saturated heterocycles. The fourth-order valence-corrected chi connectivity index (χ4v) is 4.26. The van der Waals surface area contributed by atoms with Gasteiger partial charge in [0.1, 0.15) is 0 Å². The van der Waals surface area contributed by atoms with E-state index in [1.165, 1.54) is 18.5 Å². The molecule has 5 nitrogen and oxygen atoms in total. The van der Waals surface area contributed by atoms with Crippen LogP contribution >= 0.6 is 0 Å². The third kappa shape index (κ3) is 4.56. The van der Waals surface area contributed by atoms with Crippen molar-refractivity contribution in [1.82, 2.24) is 4.90 Å². The number of rotatable bonds is 5. The predicted octanol–water partition coefficient (Wildman–Crippen LogP) is 1.60. The van der Waals surface area contributed by atoms with Crippen LogP contribution in [-0.2, 0) is 11.2 Å². The second-order valence-electron chi connectivity index (χ2n) is 7.30. The minimum absolute atomic E-state index is 0.0846. The first-order valence-electron chi connectivity index (χ1n) is 9.21. The summed E-state index contributed by atoms with van der Waals surface area (Å²) in [6, 6.07) is 7.94. The Morgan fingerprint density at radius 3 is 1.96 bits per heavy atom. The monoisotopic (exact) mass is 342 g/mol. The number of carboxylic acid groups (broad SMARTS) is 1. The molecule has 0 amide bonds. The van der Waals surface area contributed by atoms with Crippen LogP contribution in [-0.4, -0.2) is 60.5 Å². The number of benzene rings is 1. The summed E-state index contributed by atoms with van der Waals surface area (Å²) in [5, 5.41) is 18.3. The van der Waals surface area contributed by atoms with Gasteiger partial charge in [0.25, 0.3) is 0 Å². The number of aliphatic hydroxyl groups excluding tert-OH is 1. The van der Waals surface area contributed by atoms with Crippen LogP contribution < -0.4 is 4.90 Å². The summed E-state index contributed by atoms with van der Waals surface area (Å²) in [6.45, 7) is 3.97. The standard InChI is InChI=1S/C19H27BN2O3/c20-19(25)22-11-7-16(8-12-22)15-5-9-21(10-6-15)17-3-1-14(2-4-17)13-18(23)24/h1-4,15-16,20,25H,5-13H2,(H,23,24). The van der Waals surface area contributed by atoms with E-state index >= 15 is 0 Å². The topological polar surface area (TPSA) is 64.0 Å². The number of carbonyl (C=O) groups is 1. The molecule has 0 atom stereocenters. The summed E-state index contributed by atoms with van der Waals surface area (Å²) >= 11 is 0. The molecular weight excluding hydrogens is 315 g/mol. The molecular formula is C19H27BN2O3. The van der Waals surface area contributed by atoms with Gasteiger partial charge in [0.05, 0.1) is 6.42 Å². The average Bonchev–Trinajstić information content (AvgIpc) is 2.62. The second-order valence-corrected chi connectivity index (χ2v) is 7.30. The first-order chi connectivity index (χ1) is 12.0. The van der Waals surface area contributed by atoms with Crippen molar-refractivity contribution < 1.29 is 15.0 Å². The fraction of sp³-hybridized carbons (Fsp3) is 0.579. The summed E-state index contributed by atoms with van der Waals surface area (Å²) in [5.74, 6) is 0.955. The zero-order valence-corrected chi connectivity index (χ0v) is 14.7. The van der Waals surface area contributed by atoms with Crippen molar-refractivity contribution in [1.29, 1.82) is 0 Å². The van der Waals surface area contributed by atoms with Gasteiger partial charge in [-0.3, -0.25) is 4.79 Å². The van der Waals surface area contributed by atoms with E-state index in [-0.39, 0.29) is 12.2 Å². The zero-order valence-electron chi connectivity index (χ0n) is 14.7. The molecule has 6 heteroatoms. The van der Waals surface area contributed by atoms with Crippen molar-refractivity contribution >= 4 is 24.9 Å². The van der Waals surface area contributed by atoms with Crippen LogP contribution in [0.5, 0.6) is 0 Å². The molecule has 0 bridgehead atoms. The molecule has 2 aliphatic rings. The summed E-state index contributed by atoms with van der Waals surface area (Å²) in [4.78, 5) is 15.2. The maximum absolute atomic E-state index is 10.8. The van der Waals surface area contributed by atoms with Gasteiger partial charge < -0.3 is 5.11 Å². The fourth-order valence-electron chi connectivity index (χ4n) is 4.26. The van der Waals surface area contributed by atoms with Crippen LogP contribution in [0.15, 0.2) is 24.3 Å². The van der Waals surface area contributed by atoms with Crippen LogP contribution in [0, 0.1) is 11.8 Å². The molecule has 0 spiro atoms. The number of piperidine rings is 2. The van der Waals surface area contributed by atoms with Gasteiger partial charge in [0, 0.05) is 0 Å². The van der Waals surface area contributed by atoms with Crippen LogP contribution in [0.2, 0.25) is 0 Å². The number of anilines is 1. The molecule has 0 aliphatic carbocycles. The van der Waals surface area contributed by atoms with Crippen molar-refractivity contribution in [2.45, 2.75) is 32.1 Å².